The van der Waals surface area contributed by atoms with Gasteiger partial charge in [0.1, 0.15) is 18.1 Å². The van der Waals surface area contributed by atoms with Gasteiger partial charge in [-0.2, -0.15) is 5.10 Å². The second-order valence-corrected chi connectivity index (χ2v) is 5.29. The van der Waals surface area contributed by atoms with Crippen LogP contribution in [0.1, 0.15) is 16.2 Å². The number of aromatic nitrogens is 3. The summed E-state index contributed by atoms with van der Waals surface area (Å²) in [4.78, 5) is 15.0. The average Bonchev–Trinajstić information content (AvgIpc) is 3.08. The predicted molar refractivity (Wildman–Crippen MR) is 86.2 cm³/mol. The number of alkyl halides is 3. The van der Waals surface area contributed by atoms with Gasteiger partial charge in [0.05, 0.1) is 5.56 Å². The van der Waals surface area contributed by atoms with E-state index in [1.807, 2.05) is 0 Å². The van der Waals surface area contributed by atoms with Gasteiger partial charge in [-0.3, -0.25) is 5.10 Å². The second kappa shape index (κ2) is 7.36. The summed E-state index contributed by atoms with van der Waals surface area (Å²) in [7, 11) is 0. The van der Waals surface area contributed by atoms with Crippen LogP contribution in [0.25, 0.3) is 11.4 Å². The van der Waals surface area contributed by atoms with Crippen LogP contribution >= 0.6 is 0 Å². The van der Waals surface area contributed by atoms with Crippen LogP contribution in [0.3, 0.4) is 0 Å². The third-order valence-electron chi connectivity index (χ3n) is 3.36. The molecule has 0 saturated carbocycles. The van der Waals surface area contributed by atoms with Gasteiger partial charge < -0.3 is 14.6 Å². The molecule has 1 aromatic heterocycles. The lowest BCUT2D eigenvalue weighted by molar-refractivity contribution is -0.274. The Morgan fingerprint density at radius 2 is 1.67 bits per heavy atom. The normalized spacial score (nSPS) is 11.2. The van der Waals surface area contributed by atoms with E-state index >= 15 is 0 Å². The highest BCUT2D eigenvalue weighted by molar-refractivity contribution is 5.87. The van der Waals surface area contributed by atoms with E-state index in [0.29, 0.717) is 23.0 Å². The van der Waals surface area contributed by atoms with E-state index in [2.05, 4.69) is 19.9 Å². The molecule has 0 aliphatic rings. The van der Waals surface area contributed by atoms with Crippen LogP contribution in [0, 0.1) is 0 Å². The van der Waals surface area contributed by atoms with Gasteiger partial charge in [-0.15, -0.1) is 13.2 Å². The fourth-order valence-corrected chi connectivity index (χ4v) is 2.15. The number of benzene rings is 2. The van der Waals surface area contributed by atoms with E-state index in [0.717, 1.165) is 0 Å². The van der Waals surface area contributed by atoms with Gasteiger partial charge in [0.2, 0.25) is 0 Å². The van der Waals surface area contributed by atoms with Crippen LogP contribution in [-0.4, -0.2) is 32.6 Å². The first-order valence-electron chi connectivity index (χ1n) is 7.54. The third-order valence-corrected chi connectivity index (χ3v) is 3.36. The van der Waals surface area contributed by atoms with Crippen molar-refractivity contribution in [1.82, 2.24) is 15.2 Å². The number of nitrogens with one attached hydrogen (secondary N) is 1. The quantitative estimate of drug-likeness (QED) is 0.679. The molecule has 27 heavy (non-hydrogen) atoms. The van der Waals surface area contributed by atoms with Crippen LogP contribution in [-0.2, 0) is 6.61 Å². The minimum Gasteiger partial charge on any atom is -0.486 e. The molecule has 0 fully saturated rings. The number of aromatic amines is 1. The van der Waals surface area contributed by atoms with E-state index in [1.54, 1.807) is 0 Å². The highest BCUT2D eigenvalue weighted by atomic mass is 19.4. The molecule has 0 aliphatic carbocycles. The maximum absolute atomic E-state index is 12.2. The van der Waals surface area contributed by atoms with Crippen molar-refractivity contribution in [2.24, 2.45) is 0 Å². The number of carboxylic acid groups (broad SMARTS) is 1. The van der Waals surface area contributed by atoms with E-state index in [1.165, 1.54) is 48.5 Å². The molecular weight excluding hydrogens is 367 g/mol. The summed E-state index contributed by atoms with van der Waals surface area (Å²) >= 11 is 0. The Labute approximate surface area is 150 Å². The fraction of sp³-hybridized carbons (Fsp3) is 0.118. The molecule has 2 aromatic carbocycles. The Balaban J connectivity index is 1.62. The molecule has 0 unspecified atom stereocenters. The number of rotatable bonds is 6. The third kappa shape index (κ3) is 4.97. The van der Waals surface area contributed by atoms with E-state index in [-0.39, 0.29) is 17.9 Å². The van der Waals surface area contributed by atoms with Crippen molar-refractivity contribution in [3.05, 3.63) is 59.9 Å². The van der Waals surface area contributed by atoms with Crippen molar-refractivity contribution in [3.8, 4) is 22.9 Å². The van der Waals surface area contributed by atoms with Crippen LogP contribution in [0.4, 0.5) is 13.2 Å². The Kier molecular flexibility index (Phi) is 4.97. The summed E-state index contributed by atoms with van der Waals surface area (Å²) in [6, 6.07) is 11.0. The molecule has 2 N–H and O–H groups in total. The number of aromatic carboxylic acids is 1. The average molecular weight is 379 g/mol. The Morgan fingerprint density at radius 3 is 2.26 bits per heavy atom. The minimum absolute atomic E-state index is 0.0260. The molecule has 7 nitrogen and oxygen atoms in total. The van der Waals surface area contributed by atoms with Gasteiger partial charge in [-0.05, 0) is 48.5 Å². The highest BCUT2D eigenvalue weighted by Crippen LogP contribution is 2.25. The topological polar surface area (TPSA) is 97.3 Å². The van der Waals surface area contributed by atoms with E-state index in [9.17, 15) is 18.0 Å². The number of hydrogen-bond acceptors (Lipinski definition) is 5. The summed E-state index contributed by atoms with van der Waals surface area (Å²) in [6.45, 7) is 0.0260. The molecule has 3 aromatic rings. The second-order valence-electron chi connectivity index (χ2n) is 5.29. The van der Waals surface area contributed by atoms with Crippen molar-refractivity contribution >= 4 is 5.97 Å². The molecular formula is C17H12F3N3O4. The maximum Gasteiger partial charge on any atom is 0.573 e. The first-order valence-corrected chi connectivity index (χ1v) is 7.54. The molecule has 1 heterocycles. The van der Waals surface area contributed by atoms with Gasteiger partial charge in [0, 0.05) is 5.56 Å². The zero-order valence-electron chi connectivity index (χ0n) is 13.5. The number of carboxylic acids is 1. The standard InChI is InChI=1S/C17H12F3N3O4/c18-17(19,20)27-13-7-1-10(2-8-13)15-21-14(22-23-15)9-26-12-5-3-11(4-6-12)16(24)25/h1-8H,9H2,(H,24,25)(H,21,22,23). The molecule has 0 aliphatic heterocycles. The van der Waals surface area contributed by atoms with E-state index < -0.39 is 12.3 Å². The Hall–Kier alpha value is -3.56. The SMILES string of the molecule is O=C(O)c1ccc(OCc2n[nH]c(-c3ccc(OC(F)(F)F)cc3)n2)cc1. The molecule has 0 spiro atoms. The lowest BCUT2D eigenvalue weighted by atomic mass is 10.2. The highest BCUT2D eigenvalue weighted by Gasteiger charge is 2.31. The number of H-pyrrole nitrogens is 1. The fourth-order valence-electron chi connectivity index (χ4n) is 2.15. The number of ether oxygens (including phenoxy) is 2. The predicted octanol–water partition coefficient (Wildman–Crippen LogP) is 3.65. The van der Waals surface area contributed by atoms with Crippen molar-refractivity contribution in [2.45, 2.75) is 13.0 Å². The first kappa shape index (κ1) is 18.2. The molecule has 0 saturated heterocycles. The zero-order chi connectivity index (χ0) is 19.4. The van der Waals surface area contributed by atoms with Crippen molar-refractivity contribution in [3.63, 3.8) is 0 Å². The number of carbonyl (C=O) groups is 1. The number of hydrogen-bond donors (Lipinski definition) is 2. The van der Waals surface area contributed by atoms with Gasteiger partial charge >= 0.3 is 12.3 Å². The van der Waals surface area contributed by atoms with Crippen molar-refractivity contribution in [1.29, 1.82) is 0 Å². The van der Waals surface area contributed by atoms with Crippen molar-refractivity contribution < 1.29 is 32.5 Å². The van der Waals surface area contributed by atoms with Gasteiger partial charge in [0.25, 0.3) is 0 Å². The summed E-state index contributed by atoms with van der Waals surface area (Å²) in [5.41, 5.74) is 0.662. The van der Waals surface area contributed by atoms with Crippen LogP contribution in [0.15, 0.2) is 48.5 Å². The van der Waals surface area contributed by atoms with Gasteiger partial charge in [-0.25, -0.2) is 9.78 Å². The molecule has 0 atom stereocenters. The maximum atomic E-state index is 12.2. The first-order chi connectivity index (χ1) is 12.8. The summed E-state index contributed by atoms with van der Waals surface area (Å²) in [6.07, 6.45) is -4.75. The van der Waals surface area contributed by atoms with Gasteiger partial charge in [0.15, 0.2) is 11.6 Å². The molecule has 3 rings (SSSR count). The number of nitrogens with zero attached hydrogens (tertiary/aromatic N) is 2. The Bertz CT molecular complexity index is 922. The summed E-state index contributed by atoms with van der Waals surface area (Å²) in [5, 5.41) is 15.5. The zero-order valence-corrected chi connectivity index (χ0v) is 13.5. The lowest BCUT2D eigenvalue weighted by Gasteiger charge is -2.08. The van der Waals surface area contributed by atoms with Crippen LogP contribution < -0.4 is 9.47 Å². The largest absolute Gasteiger partial charge is 0.573 e. The smallest absolute Gasteiger partial charge is 0.486 e. The molecule has 0 radical (unpaired) electrons. The summed E-state index contributed by atoms with van der Waals surface area (Å²) in [5.74, 6) is -0.248. The van der Waals surface area contributed by atoms with Crippen LogP contribution in [0.5, 0.6) is 11.5 Å². The molecule has 0 amide bonds. The monoisotopic (exact) mass is 379 g/mol. The van der Waals surface area contributed by atoms with Crippen LogP contribution in [0.2, 0.25) is 0 Å². The molecule has 140 valence electrons. The van der Waals surface area contributed by atoms with E-state index in [4.69, 9.17) is 9.84 Å². The Morgan fingerprint density at radius 1 is 1.04 bits per heavy atom. The lowest BCUT2D eigenvalue weighted by Crippen LogP contribution is -2.16. The summed E-state index contributed by atoms with van der Waals surface area (Å²) < 4.78 is 45.8. The molecule has 0 bridgehead atoms. The minimum atomic E-state index is -4.75. The molecule has 10 heteroatoms. The van der Waals surface area contributed by atoms with Gasteiger partial charge in [-0.1, -0.05) is 0 Å². The van der Waals surface area contributed by atoms with Crippen molar-refractivity contribution in [2.75, 3.05) is 0 Å². The number of halogens is 3.